The first-order valence-corrected chi connectivity index (χ1v) is 9.68. The van der Waals surface area contributed by atoms with Crippen LogP contribution >= 0.6 is 0 Å². The molecular formula is C22H19F2N3O4. The van der Waals surface area contributed by atoms with E-state index in [0.29, 0.717) is 18.8 Å². The van der Waals surface area contributed by atoms with Crippen molar-refractivity contribution in [2.45, 2.75) is 12.8 Å². The Hall–Kier alpha value is -3.75. The van der Waals surface area contributed by atoms with Gasteiger partial charge in [-0.2, -0.15) is 0 Å². The maximum atomic E-state index is 13.7. The summed E-state index contributed by atoms with van der Waals surface area (Å²) in [5, 5.41) is 5.30. The Kier molecular flexibility index (Phi) is 5.41. The molecule has 4 rings (SSSR count). The molecule has 2 aromatic rings. The standard InChI is InChI=1S/C22H19F2N3O4/c1-31-22(30)26-12-4-6-14-15(10-12)21(29)19(27-8-2-3-9-27)18(20(14)28)25-13-5-7-16(23)17(24)11-13/h4-7,10-11,25H,2-3,8-9H2,1H3,(H,26,30). The molecule has 1 aliphatic carbocycles. The number of amides is 1. The fraction of sp³-hybridized carbons (Fsp3) is 0.227. The summed E-state index contributed by atoms with van der Waals surface area (Å²) in [6.45, 7) is 1.18. The second-order valence-corrected chi connectivity index (χ2v) is 7.21. The molecule has 1 saturated heterocycles. The van der Waals surface area contributed by atoms with E-state index in [-0.39, 0.29) is 28.2 Å². The van der Waals surface area contributed by atoms with Crippen LogP contribution in [0.4, 0.5) is 25.0 Å². The summed E-state index contributed by atoms with van der Waals surface area (Å²) in [4.78, 5) is 40.0. The average Bonchev–Trinajstić information content (AvgIpc) is 3.28. The molecule has 160 valence electrons. The Balaban J connectivity index is 1.78. The van der Waals surface area contributed by atoms with Crippen molar-refractivity contribution in [3.8, 4) is 0 Å². The molecule has 9 heteroatoms. The number of halogens is 2. The van der Waals surface area contributed by atoms with Crippen LogP contribution in [0, 0.1) is 11.6 Å². The third-order valence-corrected chi connectivity index (χ3v) is 5.23. The number of nitrogens with one attached hydrogen (secondary N) is 2. The fourth-order valence-electron chi connectivity index (χ4n) is 3.74. The van der Waals surface area contributed by atoms with Gasteiger partial charge >= 0.3 is 6.09 Å². The predicted octanol–water partition coefficient (Wildman–Crippen LogP) is 3.94. The monoisotopic (exact) mass is 427 g/mol. The number of likely N-dealkylation sites (tertiary alicyclic amines) is 1. The van der Waals surface area contributed by atoms with E-state index in [2.05, 4.69) is 15.4 Å². The van der Waals surface area contributed by atoms with Crippen molar-refractivity contribution in [1.29, 1.82) is 0 Å². The van der Waals surface area contributed by atoms with Crippen molar-refractivity contribution in [2.75, 3.05) is 30.8 Å². The van der Waals surface area contributed by atoms with E-state index >= 15 is 0 Å². The molecule has 31 heavy (non-hydrogen) atoms. The Morgan fingerprint density at radius 1 is 0.935 bits per heavy atom. The van der Waals surface area contributed by atoms with E-state index in [1.54, 1.807) is 0 Å². The van der Waals surface area contributed by atoms with Gasteiger partial charge in [-0.05, 0) is 43.2 Å². The van der Waals surface area contributed by atoms with Crippen LogP contribution in [-0.4, -0.2) is 42.8 Å². The number of carbonyl (C=O) groups excluding carboxylic acids is 3. The van der Waals surface area contributed by atoms with E-state index in [9.17, 15) is 23.2 Å². The molecule has 1 amide bonds. The number of fused-ring (bicyclic) bond motifs is 1. The van der Waals surface area contributed by atoms with E-state index < -0.39 is 29.3 Å². The topological polar surface area (TPSA) is 87.7 Å². The van der Waals surface area contributed by atoms with Crippen LogP contribution in [0.5, 0.6) is 0 Å². The molecule has 0 spiro atoms. The van der Waals surface area contributed by atoms with Gasteiger partial charge in [-0.1, -0.05) is 0 Å². The van der Waals surface area contributed by atoms with Gasteiger partial charge in [0.1, 0.15) is 11.4 Å². The maximum Gasteiger partial charge on any atom is 0.411 e. The minimum Gasteiger partial charge on any atom is -0.453 e. The number of rotatable bonds is 4. The zero-order chi connectivity index (χ0) is 22.1. The summed E-state index contributed by atoms with van der Waals surface area (Å²) in [7, 11) is 1.22. The van der Waals surface area contributed by atoms with Crippen LogP contribution in [0.2, 0.25) is 0 Å². The first kappa shape index (κ1) is 20.5. The second kappa shape index (κ2) is 8.17. The summed E-state index contributed by atoms with van der Waals surface area (Å²) in [6.07, 6.45) is 1.02. The molecule has 2 aromatic carbocycles. The summed E-state index contributed by atoms with van der Waals surface area (Å²) < 4.78 is 31.6. The van der Waals surface area contributed by atoms with Crippen LogP contribution < -0.4 is 10.6 Å². The Bertz CT molecular complexity index is 1120. The first-order chi connectivity index (χ1) is 14.9. The highest BCUT2D eigenvalue weighted by Gasteiger charge is 2.36. The van der Waals surface area contributed by atoms with Gasteiger partial charge in [0, 0.05) is 41.7 Å². The summed E-state index contributed by atoms with van der Waals surface area (Å²) >= 11 is 0. The number of benzene rings is 2. The molecular weight excluding hydrogens is 408 g/mol. The number of hydrogen-bond acceptors (Lipinski definition) is 6. The molecule has 0 saturated carbocycles. The lowest BCUT2D eigenvalue weighted by Gasteiger charge is -2.28. The number of ketones is 2. The highest BCUT2D eigenvalue weighted by Crippen LogP contribution is 2.33. The number of hydrogen-bond donors (Lipinski definition) is 2. The van der Waals surface area contributed by atoms with E-state index in [1.807, 2.05) is 4.90 Å². The molecule has 7 nitrogen and oxygen atoms in total. The van der Waals surface area contributed by atoms with Gasteiger partial charge in [-0.25, -0.2) is 13.6 Å². The predicted molar refractivity (Wildman–Crippen MR) is 109 cm³/mol. The van der Waals surface area contributed by atoms with Crippen LogP contribution in [0.25, 0.3) is 0 Å². The van der Waals surface area contributed by atoms with Gasteiger partial charge in [0.05, 0.1) is 7.11 Å². The highest BCUT2D eigenvalue weighted by atomic mass is 19.2. The molecule has 0 unspecified atom stereocenters. The third kappa shape index (κ3) is 3.86. The number of carbonyl (C=O) groups is 3. The molecule has 1 fully saturated rings. The Morgan fingerprint density at radius 3 is 2.32 bits per heavy atom. The largest absolute Gasteiger partial charge is 0.453 e. The van der Waals surface area contributed by atoms with Gasteiger partial charge < -0.3 is 15.0 Å². The van der Waals surface area contributed by atoms with Crippen LogP contribution in [0.15, 0.2) is 47.8 Å². The van der Waals surface area contributed by atoms with Crippen molar-refractivity contribution in [3.63, 3.8) is 0 Å². The van der Waals surface area contributed by atoms with Crippen molar-refractivity contribution in [2.24, 2.45) is 0 Å². The quantitative estimate of drug-likeness (QED) is 0.769. The molecule has 0 atom stereocenters. The zero-order valence-electron chi connectivity index (χ0n) is 16.6. The lowest BCUT2D eigenvalue weighted by atomic mass is 9.89. The molecule has 2 aliphatic rings. The van der Waals surface area contributed by atoms with Crippen molar-refractivity contribution in [3.05, 3.63) is 70.6 Å². The number of nitrogens with zero attached hydrogens (tertiary/aromatic N) is 1. The van der Waals surface area contributed by atoms with Crippen LogP contribution in [-0.2, 0) is 4.74 Å². The summed E-state index contributed by atoms with van der Waals surface area (Å²) in [6, 6.07) is 7.52. The van der Waals surface area contributed by atoms with E-state index in [1.165, 1.54) is 31.4 Å². The van der Waals surface area contributed by atoms with Gasteiger partial charge in [-0.15, -0.1) is 0 Å². The van der Waals surface area contributed by atoms with Gasteiger partial charge in [-0.3, -0.25) is 14.9 Å². The fourth-order valence-corrected chi connectivity index (χ4v) is 3.74. The normalized spacial score (nSPS) is 15.8. The van der Waals surface area contributed by atoms with Crippen LogP contribution in [0.3, 0.4) is 0 Å². The number of allylic oxidation sites excluding steroid dienone is 2. The van der Waals surface area contributed by atoms with Gasteiger partial charge in [0.2, 0.25) is 11.6 Å². The lowest BCUT2D eigenvalue weighted by molar-refractivity contribution is 0.0948. The van der Waals surface area contributed by atoms with E-state index in [0.717, 1.165) is 25.0 Å². The second-order valence-electron chi connectivity index (χ2n) is 7.21. The number of anilines is 2. The molecule has 1 heterocycles. The number of methoxy groups -OCH3 is 1. The molecule has 2 N–H and O–H groups in total. The first-order valence-electron chi connectivity index (χ1n) is 9.68. The summed E-state index contributed by atoms with van der Waals surface area (Å²) in [5.41, 5.74) is 0.947. The minimum absolute atomic E-state index is 0.0130. The highest BCUT2D eigenvalue weighted by molar-refractivity contribution is 6.28. The minimum atomic E-state index is -1.07. The van der Waals surface area contributed by atoms with Crippen LogP contribution in [0.1, 0.15) is 33.6 Å². The third-order valence-electron chi connectivity index (χ3n) is 5.23. The number of Topliss-reactive ketones (excluding diaryl/α,β-unsaturated/α-hetero) is 2. The van der Waals surface area contributed by atoms with Crippen molar-refractivity contribution >= 4 is 29.0 Å². The average molecular weight is 427 g/mol. The Labute approximate surface area is 176 Å². The smallest absolute Gasteiger partial charge is 0.411 e. The maximum absolute atomic E-state index is 13.7. The Morgan fingerprint density at radius 2 is 1.65 bits per heavy atom. The van der Waals surface area contributed by atoms with Crippen molar-refractivity contribution in [1.82, 2.24) is 4.90 Å². The summed E-state index contributed by atoms with van der Waals surface area (Å²) in [5.74, 6) is -2.93. The van der Waals surface area contributed by atoms with Gasteiger partial charge in [0.15, 0.2) is 11.6 Å². The van der Waals surface area contributed by atoms with Gasteiger partial charge in [0.25, 0.3) is 0 Å². The molecule has 1 aliphatic heterocycles. The zero-order valence-corrected chi connectivity index (χ0v) is 16.6. The number of ether oxygens (including phenoxy) is 1. The molecule has 0 bridgehead atoms. The SMILES string of the molecule is COC(=O)Nc1ccc2c(c1)C(=O)C(N1CCCC1)=C(Nc1ccc(F)c(F)c1)C2=O. The van der Waals surface area contributed by atoms with Crippen molar-refractivity contribution < 1.29 is 27.9 Å². The molecule has 0 aromatic heterocycles. The van der Waals surface area contributed by atoms with E-state index in [4.69, 9.17) is 0 Å². The molecule has 0 radical (unpaired) electrons. The lowest BCUT2D eigenvalue weighted by Crippen LogP contribution is -2.35.